The molecule has 0 radical (unpaired) electrons. The molecule has 156 valence electrons. The summed E-state index contributed by atoms with van der Waals surface area (Å²) in [6.45, 7) is 1.77. The van der Waals surface area contributed by atoms with Crippen molar-refractivity contribution in [3.63, 3.8) is 0 Å². The quantitative estimate of drug-likeness (QED) is 0.642. The third-order valence-corrected chi connectivity index (χ3v) is 6.94. The van der Waals surface area contributed by atoms with E-state index in [2.05, 4.69) is 39.4 Å². The summed E-state index contributed by atoms with van der Waals surface area (Å²) in [5.41, 5.74) is 4.31. The average Bonchev–Trinajstić information content (AvgIpc) is 2.69. The minimum Gasteiger partial charge on any atom is -0.348 e. The van der Waals surface area contributed by atoms with Crippen LogP contribution >= 0.6 is 15.9 Å². The van der Waals surface area contributed by atoms with Crippen LogP contribution in [-0.2, 0) is 27.7 Å². The highest BCUT2D eigenvalue weighted by atomic mass is 79.9. The number of fused-ring (bicyclic) bond motifs is 1. The summed E-state index contributed by atoms with van der Waals surface area (Å²) in [7, 11) is -3.60. The van der Waals surface area contributed by atoms with E-state index in [1.54, 1.807) is 18.2 Å². The number of anilines is 1. The molecule has 1 aliphatic carbocycles. The molecule has 0 aromatic heterocycles. The summed E-state index contributed by atoms with van der Waals surface area (Å²) in [6.07, 6.45) is 6.49. The minimum atomic E-state index is -3.60. The molecule has 7 heteroatoms. The topological polar surface area (TPSA) is 66.5 Å². The molecule has 2 aromatic carbocycles. The molecule has 1 atom stereocenters. The molecule has 1 aliphatic rings. The molecule has 0 saturated carbocycles. The second-order valence-corrected chi connectivity index (χ2v) is 10.3. The molecule has 1 amide bonds. The highest BCUT2D eigenvalue weighted by Gasteiger charge is 2.23. The number of halogens is 1. The monoisotopic (exact) mass is 478 g/mol. The van der Waals surface area contributed by atoms with Gasteiger partial charge in [-0.15, -0.1) is 0 Å². The van der Waals surface area contributed by atoms with Gasteiger partial charge >= 0.3 is 0 Å². The Kier molecular flexibility index (Phi) is 7.01. The molecule has 0 unspecified atom stereocenters. The van der Waals surface area contributed by atoms with Crippen molar-refractivity contribution >= 4 is 37.5 Å². The minimum absolute atomic E-state index is 0.140. The normalized spacial score (nSPS) is 14.7. The van der Waals surface area contributed by atoms with E-state index in [4.69, 9.17) is 0 Å². The summed E-state index contributed by atoms with van der Waals surface area (Å²) in [6, 6.07) is 13.2. The second kappa shape index (κ2) is 9.30. The van der Waals surface area contributed by atoms with E-state index < -0.39 is 10.0 Å². The summed E-state index contributed by atoms with van der Waals surface area (Å²) in [4.78, 5) is 12.8. The molecule has 5 nitrogen and oxygen atoms in total. The predicted octanol–water partition coefficient (Wildman–Crippen LogP) is 4.36. The molecule has 29 heavy (non-hydrogen) atoms. The van der Waals surface area contributed by atoms with Crippen LogP contribution in [0, 0.1) is 0 Å². The molecule has 0 bridgehead atoms. The van der Waals surface area contributed by atoms with Crippen LogP contribution in [0.5, 0.6) is 0 Å². The second-order valence-electron chi connectivity index (χ2n) is 7.51. The van der Waals surface area contributed by atoms with Gasteiger partial charge in [-0.05, 0) is 67.0 Å². The van der Waals surface area contributed by atoms with E-state index in [1.807, 2.05) is 13.0 Å². The van der Waals surface area contributed by atoms with E-state index in [0.29, 0.717) is 5.69 Å². The number of nitrogens with zero attached hydrogens (tertiary/aromatic N) is 1. The zero-order chi connectivity index (χ0) is 21.0. The van der Waals surface area contributed by atoms with Gasteiger partial charge in [0.15, 0.2) is 0 Å². The van der Waals surface area contributed by atoms with E-state index in [-0.39, 0.29) is 18.5 Å². The van der Waals surface area contributed by atoms with Crippen LogP contribution in [0.15, 0.2) is 46.9 Å². The standard InChI is InChI=1S/C22H27BrN2O3S/c1-3-21(18-12-11-16-7-4-5-8-17(16)13-18)24-22(26)15-25(29(2,27)28)20-10-6-9-19(23)14-20/h6,9-14,21H,3-5,7-8,15H2,1-2H3,(H,24,26)/t21-/m1/s1. The Balaban J connectivity index is 1.76. The zero-order valence-corrected chi connectivity index (χ0v) is 19.2. The first-order chi connectivity index (χ1) is 13.8. The van der Waals surface area contributed by atoms with E-state index in [1.165, 1.54) is 24.0 Å². The Hall–Kier alpha value is -1.86. The van der Waals surface area contributed by atoms with Crippen molar-refractivity contribution in [1.82, 2.24) is 5.32 Å². The summed E-state index contributed by atoms with van der Waals surface area (Å²) in [5, 5.41) is 3.02. The van der Waals surface area contributed by atoms with Gasteiger partial charge in [0.2, 0.25) is 15.9 Å². The number of hydrogen-bond acceptors (Lipinski definition) is 3. The van der Waals surface area contributed by atoms with Gasteiger partial charge in [0.05, 0.1) is 18.0 Å². The first-order valence-corrected chi connectivity index (χ1v) is 12.6. The average molecular weight is 479 g/mol. The summed E-state index contributed by atoms with van der Waals surface area (Å²) in [5.74, 6) is -0.319. The molecule has 3 rings (SSSR count). The largest absolute Gasteiger partial charge is 0.348 e. The molecular weight excluding hydrogens is 452 g/mol. The van der Waals surface area contributed by atoms with Crippen LogP contribution in [-0.4, -0.2) is 27.1 Å². The van der Waals surface area contributed by atoms with Crippen molar-refractivity contribution in [3.05, 3.63) is 63.6 Å². The lowest BCUT2D eigenvalue weighted by atomic mass is 9.89. The lowest BCUT2D eigenvalue weighted by Gasteiger charge is -2.25. The Morgan fingerprint density at radius 3 is 2.52 bits per heavy atom. The van der Waals surface area contributed by atoms with Crippen molar-refractivity contribution in [2.75, 3.05) is 17.1 Å². The first-order valence-electron chi connectivity index (χ1n) is 9.92. The summed E-state index contributed by atoms with van der Waals surface area (Å²) >= 11 is 3.35. The van der Waals surface area contributed by atoms with Crippen LogP contribution < -0.4 is 9.62 Å². The number of carbonyl (C=O) groups excluding carboxylic acids is 1. The molecule has 0 heterocycles. The molecule has 1 N–H and O–H groups in total. The number of amides is 1. The third kappa shape index (κ3) is 5.60. The molecule has 0 fully saturated rings. The lowest BCUT2D eigenvalue weighted by molar-refractivity contribution is -0.120. The number of rotatable bonds is 7. The van der Waals surface area contributed by atoms with Gasteiger partial charge < -0.3 is 5.32 Å². The molecule has 0 saturated heterocycles. The summed E-state index contributed by atoms with van der Waals surface area (Å²) < 4.78 is 26.5. The maximum Gasteiger partial charge on any atom is 0.241 e. The van der Waals surface area contributed by atoms with Crippen molar-refractivity contribution in [2.45, 2.75) is 45.1 Å². The van der Waals surface area contributed by atoms with E-state index in [0.717, 1.165) is 39.9 Å². The molecule has 0 spiro atoms. The molecular formula is C22H27BrN2O3S. The smallest absolute Gasteiger partial charge is 0.241 e. The first kappa shape index (κ1) is 21.8. The van der Waals surface area contributed by atoms with Crippen LogP contribution in [0.1, 0.15) is 48.9 Å². The highest BCUT2D eigenvalue weighted by Crippen LogP contribution is 2.26. The van der Waals surface area contributed by atoms with Gasteiger partial charge in [-0.2, -0.15) is 0 Å². The van der Waals surface area contributed by atoms with Crippen LogP contribution in [0.2, 0.25) is 0 Å². The van der Waals surface area contributed by atoms with Gasteiger partial charge in [-0.1, -0.05) is 47.1 Å². The maximum atomic E-state index is 12.8. The lowest BCUT2D eigenvalue weighted by Crippen LogP contribution is -2.41. The number of hydrogen-bond donors (Lipinski definition) is 1. The van der Waals surface area contributed by atoms with Gasteiger partial charge in [0, 0.05) is 4.47 Å². The number of aryl methyl sites for hydroxylation is 2. The van der Waals surface area contributed by atoms with Crippen molar-refractivity contribution in [2.24, 2.45) is 0 Å². The van der Waals surface area contributed by atoms with E-state index >= 15 is 0 Å². The fourth-order valence-corrected chi connectivity index (χ4v) is 5.03. The fourth-order valence-electron chi connectivity index (χ4n) is 3.79. The van der Waals surface area contributed by atoms with Gasteiger partial charge in [-0.3, -0.25) is 9.10 Å². The molecule has 0 aliphatic heterocycles. The number of nitrogens with one attached hydrogen (secondary N) is 1. The fraction of sp³-hybridized carbons (Fsp3) is 0.409. The van der Waals surface area contributed by atoms with Crippen molar-refractivity contribution < 1.29 is 13.2 Å². The predicted molar refractivity (Wildman–Crippen MR) is 121 cm³/mol. The number of carbonyl (C=O) groups is 1. The number of benzene rings is 2. The molecule has 2 aromatic rings. The van der Waals surface area contributed by atoms with Crippen molar-refractivity contribution in [3.8, 4) is 0 Å². The maximum absolute atomic E-state index is 12.8. The SMILES string of the molecule is CC[C@@H](NC(=O)CN(c1cccc(Br)c1)S(C)(=O)=O)c1ccc2c(c1)CCCC2. The van der Waals surface area contributed by atoms with Crippen LogP contribution in [0.25, 0.3) is 0 Å². The van der Waals surface area contributed by atoms with Crippen molar-refractivity contribution in [1.29, 1.82) is 0 Å². The van der Waals surface area contributed by atoms with Crippen LogP contribution in [0.3, 0.4) is 0 Å². The van der Waals surface area contributed by atoms with Crippen LogP contribution in [0.4, 0.5) is 5.69 Å². The zero-order valence-electron chi connectivity index (χ0n) is 16.8. The third-order valence-electron chi connectivity index (χ3n) is 5.30. The number of sulfonamides is 1. The Morgan fingerprint density at radius 2 is 1.86 bits per heavy atom. The van der Waals surface area contributed by atoms with E-state index in [9.17, 15) is 13.2 Å². The van der Waals surface area contributed by atoms with Gasteiger partial charge in [0.25, 0.3) is 0 Å². The highest BCUT2D eigenvalue weighted by molar-refractivity contribution is 9.10. The van der Waals surface area contributed by atoms with Gasteiger partial charge in [-0.25, -0.2) is 8.42 Å². The Bertz CT molecular complexity index is 991. The Labute approximate surface area is 181 Å². The Morgan fingerprint density at radius 1 is 1.14 bits per heavy atom. The van der Waals surface area contributed by atoms with Gasteiger partial charge in [0.1, 0.15) is 6.54 Å².